The zero-order valence-electron chi connectivity index (χ0n) is 15.8. The second kappa shape index (κ2) is 22.2. The van der Waals surface area contributed by atoms with Crippen molar-refractivity contribution in [3.05, 3.63) is 12.2 Å². The minimum Gasteiger partial charge on any atom is -0.550 e. The minimum atomic E-state index is -0.909. The van der Waals surface area contributed by atoms with E-state index < -0.39 is 5.97 Å². The molecule has 3 heteroatoms. The van der Waals surface area contributed by atoms with Gasteiger partial charge in [-0.15, -0.1) is 0 Å². The van der Waals surface area contributed by atoms with Gasteiger partial charge in [-0.3, -0.25) is 0 Å². The molecule has 0 aromatic rings. The van der Waals surface area contributed by atoms with Crippen molar-refractivity contribution in [2.75, 3.05) is 0 Å². The monoisotopic (exact) mass is 332 g/mol. The topological polar surface area (TPSA) is 40.1 Å². The first-order chi connectivity index (χ1) is 10.8. The summed E-state index contributed by atoms with van der Waals surface area (Å²) in [7, 11) is 0. The van der Waals surface area contributed by atoms with Crippen LogP contribution in [0.25, 0.3) is 0 Å². The van der Waals surface area contributed by atoms with E-state index in [1.165, 1.54) is 83.5 Å². The Kier molecular flexibility index (Phi) is 24.6. The van der Waals surface area contributed by atoms with Gasteiger partial charge in [0, 0.05) is 5.97 Å². The summed E-state index contributed by atoms with van der Waals surface area (Å²) in [5, 5.41) is 10.2. The SMILES string of the molecule is CCCCCCCC/C=C\CCCCCCCCCC(=O)[O-].[Na+]. The van der Waals surface area contributed by atoms with Gasteiger partial charge in [0.2, 0.25) is 0 Å². The molecule has 23 heavy (non-hydrogen) atoms. The number of carboxylic acid groups (broad SMARTS) is 1. The van der Waals surface area contributed by atoms with E-state index in [1.807, 2.05) is 0 Å². The minimum absolute atomic E-state index is 0. The number of carboxylic acids is 1. The third kappa shape index (κ3) is 24.6. The van der Waals surface area contributed by atoms with Crippen LogP contribution in [-0.2, 0) is 4.79 Å². The van der Waals surface area contributed by atoms with Gasteiger partial charge >= 0.3 is 29.6 Å². The van der Waals surface area contributed by atoms with E-state index in [1.54, 1.807) is 0 Å². The molecule has 0 heterocycles. The first-order valence-corrected chi connectivity index (χ1v) is 9.62. The molecule has 0 rings (SSSR count). The average molecular weight is 333 g/mol. The average Bonchev–Trinajstić information content (AvgIpc) is 2.50. The van der Waals surface area contributed by atoms with Crippen LogP contribution < -0.4 is 34.7 Å². The van der Waals surface area contributed by atoms with Crippen LogP contribution in [0, 0.1) is 0 Å². The molecule has 0 N–H and O–H groups in total. The van der Waals surface area contributed by atoms with Crippen LogP contribution in [0.1, 0.15) is 110 Å². The van der Waals surface area contributed by atoms with E-state index >= 15 is 0 Å². The maximum absolute atomic E-state index is 10.2. The number of hydrogen-bond donors (Lipinski definition) is 0. The van der Waals surface area contributed by atoms with Crippen LogP contribution in [-0.4, -0.2) is 5.97 Å². The van der Waals surface area contributed by atoms with E-state index in [2.05, 4.69) is 19.1 Å². The maximum atomic E-state index is 10.2. The molecule has 0 unspecified atom stereocenters. The third-order valence-electron chi connectivity index (χ3n) is 4.14. The van der Waals surface area contributed by atoms with Crippen molar-refractivity contribution in [2.45, 2.75) is 110 Å². The van der Waals surface area contributed by atoms with E-state index in [0.29, 0.717) is 0 Å². The molecule has 0 aromatic carbocycles. The molecule has 2 nitrogen and oxygen atoms in total. The van der Waals surface area contributed by atoms with Gasteiger partial charge in [-0.25, -0.2) is 0 Å². The van der Waals surface area contributed by atoms with Gasteiger partial charge in [-0.2, -0.15) is 0 Å². The van der Waals surface area contributed by atoms with E-state index in [9.17, 15) is 9.90 Å². The van der Waals surface area contributed by atoms with Crippen molar-refractivity contribution in [2.24, 2.45) is 0 Å². The molecule has 0 atom stereocenters. The number of carbonyl (C=O) groups is 1. The number of unbranched alkanes of at least 4 members (excludes halogenated alkanes) is 13. The summed E-state index contributed by atoms with van der Waals surface area (Å²) in [6, 6.07) is 0. The summed E-state index contributed by atoms with van der Waals surface area (Å²) >= 11 is 0. The van der Waals surface area contributed by atoms with Gasteiger partial charge in [0.15, 0.2) is 0 Å². The first kappa shape index (κ1) is 25.5. The molecule has 0 aromatic heterocycles. The van der Waals surface area contributed by atoms with Crippen molar-refractivity contribution in [1.82, 2.24) is 0 Å². The normalized spacial score (nSPS) is 10.8. The van der Waals surface area contributed by atoms with Crippen molar-refractivity contribution >= 4 is 5.97 Å². The second-order valence-electron chi connectivity index (χ2n) is 6.41. The molecule has 0 bridgehead atoms. The van der Waals surface area contributed by atoms with Crippen molar-refractivity contribution in [3.8, 4) is 0 Å². The van der Waals surface area contributed by atoms with Gasteiger partial charge in [0.25, 0.3) is 0 Å². The molecule has 130 valence electrons. The molecular formula is C20H37NaO2. The van der Waals surface area contributed by atoms with Gasteiger partial charge in [0.1, 0.15) is 0 Å². The summed E-state index contributed by atoms with van der Waals surface area (Å²) in [4.78, 5) is 10.2. The predicted octanol–water partition coefficient (Wildman–Crippen LogP) is 2.56. The van der Waals surface area contributed by atoms with Gasteiger partial charge in [-0.05, 0) is 38.5 Å². The van der Waals surface area contributed by atoms with Crippen molar-refractivity contribution in [1.29, 1.82) is 0 Å². The molecule has 0 aliphatic carbocycles. The van der Waals surface area contributed by atoms with E-state index in [-0.39, 0.29) is 36.0 Å². The quantitative estimate of drug-likeness (QED) is 0.233. The fraction of sp³-hybridized carbons (Fsp3) is 0.850. The molecule has 0 saturated carbocycles. The van der Waals surface area contributed by atoms with Crippen LogP contribution in [0.3, 0.4) is 0 Å². The Morgan fingerprint density at radius 1 is 0.696 bits per heavy atom. The van der Waals surface area contributed by atoms with Crippen LogP contribution in [0.2, 0.25) is 0 Å². The Morgan fingerprint density at radius 3 is 1.52 bits per heavy atom. The number of allylic oxidation sites excluding steroid dienone is 2. The first-order valence-electron chi connectivity index (χ1n) is 9.62. The summed E-state index contributed by atoms with van der Waals surface area (Å²) in [6.45, 7) is 2.26. The van der Waals surface area contributed by atoms with Crippen molar-refractivity contribution < 1.29 is 39.5 Å². The number of rotatable bonds is 17. The summed E-state index contributed by atoms with van der Waals surface area (Å²) in [5.41, 5.74) is 0. The Morgan fingerprint density at radius 2 is 1.09 bits per heavy atom. The molecule has 0 fully saturated rings. The largest absolute Gasteiger partial charge is 1.00 e. The van der Waals surface area contributed by atoms with Crippen molar-refractivity contribution in [3.63, 3.8) is 0 Å². The van der Waals surface area contributed by atoms with Crippen LogP contribution in [0.4, 0.5) is 0 Å². The molecule has 0 aliphatic heterocycles. The van der Waals surface area contributed by atoms with Gasteiger partial charge in [0.05, 0.1) is 0 Å². The third-order valence-corrected chi connectivity index (χ3v) is 4.14. The maximum Gasteiger partial charge on any atom is 1.00 e. The second-order valence-corrected chi connectivity index (χ2v) is 6.41. The van der Waals surface area contributed by atoms with Crippen LogP contribution in [0.5, 0.6) is 0 Å². The van der Waals surface area contributed by atoms with Gasteiger partial charge < -0.3 is 9.90 Å². The number of carbonyl (C=O) groups excluding carboxylic acids is 1. The Hall–Kier alpha value is 0.210. The molecule has 0 radical (unpaired) electrons. The molecule has 0 amide bonds. The van der Waals surface area contributed by atoms with E-state index in [0.717, 1.165) is 12.8 Å². The zero-order valence-corrected chi connectivity index (χ0v) is 17.8. The fourth-order valence-corrected chi connectivity index (χ4v) is 2.69. The Bertz CT molecular complexity index is 264. The fourth-order valence-electron chi connectivity index (χ4n) is 2.69. The smallest absolute Gasteiger partial charge is 0.550 e. The predicted molar refractivity (Wildman–Crippen MR) is 93.7 cm³/mol. The Labute approximate surface area is 166 Å². The molecular weight excluding hydrogens is 295 g/mol. The number of hydrogen-bond acceptors (Lipinski definition) is 2. The molecule has 0 aliphatic rings. The van der Waals surface area contributed by atoms with Crippen LogP contribution in [0.15, 0.2) is 12.2 Å². The summed E-state index contributed by atoms with van der Waals surface area (Å²) in [5.74, 6) is -0.909. The number of aliphatic carboxylic acids is 1. The molecule has 0 spiro atoms. The van der Waals surface area contributed by atoms with E-state index in [4.69, 9.17) is 0 Å². The zero-order chi connectivity index (χ0) is 16.3. The standard InChI is InChI=1S/C20H38O2.Na/c1-2-3-4-5-6-7-8-9-10-11-12-13-14-15-16-17-18-19-20(21)22;/h9-10H,2-8,11-19H2,1H3,(H,21,22);/q;+1/p-1/b10-9-;. The van der Waals surface area contributed by atoms with Crippen LogP contribution >= 0.6 is 0 Å². The molecule has 0 saturated heterocycles. The summed E-state index contributed by atoms with van der Waals surface area (Å²) < 4.78 is 0. The van der Waals surface area contributed by atoms with Gasteiger partial charge in [-0.1, -0.05) is 83.3 Å². The summed E-state index contributed by atoms with van der Waals surface area (Å²) in [6.07, 6.45) is 23.8. The Balaban J connectivity index is 0.